The minimum Gasteiger partial charge on any atom is -0.508 e. The molecule has 0 amide bonds. The number of benzene rings is 1. The van der Waals surface area contributed by atoms with Crippen molar-refractivity contribution in [3.63, 3.8) is 0 Å². The van der Waals surface area contributed by atoms with Crippen LogP contribution in [0.3, 0.4) is 0 Å². The Hall–Kier alpha value is -1.26. The molecule has 0 saturated carbocycles. The molecule has 1 aromatic carbocycles. The molecule has 14 heavy (non-hydrogen) atoms. The first-order valence-corrected chi connectivity index (χ1v) is 4.26. The molecule has 0 radical (unpaired) electrons. The number of carbonyl (C=O) groups excluding carboxylic acids is 1. The number of esters is 1. The highest BCUT2D eigenvalue weighted by Gasteiger charge is 2.19. The van der Waals surface area contributed by atoms with Crippen LogP contribution in [-0.2, 0) is 9.53 Å². The molecule has 0 saturated heterocycles. The monoisotopic (exact) mass is 215 g/mol. The second-order valence-electron chi connectivity index (χ2n) is 2.70. The number of phenols is 1. The van der Waals surface area contributed by atoms with E-state index in [9.17, 15) is 9.90 Å². The first-order valence-electron chi connectivity index (χ1n) is 3.88. The molecular weight excluding hydrogens is 206 g/mol. The van der Waals surface area contributed by atoms with Gasteiger partial charge in [0.15, 0.2) is 0 Å². The fourth-order valence-corrected chi connectivity index (χ4v) is 1.21. The molecular formula is C9H10ClNO3. The zero-order valence-corrected chi connectivity index (χ0v) is 8.28. The van der Waals surface area contributed by atoms with E-state index in [4.69, 9.17) is 17.3 Å². The van der Waals surface area contributed by atoms with Crippen molar-refractivity contribution in [1.29, 1.82) is 0 Å². The summed E-state index contributed by atoms with van der Waals surface area (Å²) in [6.45, 7) is 0. The summed E-state index contributed by atoms with van der Waals surface area (Å²) in [4.78, 5) is 11.1. The molecule has 1 rings (SSSR count). The summed E-state index contributed by atoms with van der Waals surface area (Å²) in [6.07, 6.45) is 0. The lowest BCUT2D eigenvalue weighted by Gasteiger charge is -2.11. The molecule has 0 aliphatic carbocycles. The van der Waals surface area contributed by atoms with Crippen LogP contribution in [0.15, 0.2) is 18.2 Å². The van der Waals surface area contributed by atoms with E-state index in [-0.39, 0.29) is 11.3 Å². The molecule has 0 spiro atoms. The van der Waals surface area contributed by atoms with Gasteiger partial charge in [0.1, 0.15) is 11.8 Å². The Morgan fingerprint density at radius 2 is 2.29 bits per heavy atom. The molecule has 1 atom stereocenters. The van der Waals surface area contributed by atoms with Gasteiger partial charge < -0.3 is 15.6 Å². The lowest BCUT2D eigenvalue weighted by Crippen LogP contribution is -2.22. The zero-order valence-electron chi connectivity index (χ0n) is 7.53. The van der Waals surface area contributed by atoms with Gasteiger partial charge in [-0.2, -0.15) is 0 Å². The third kappa shape index (κ3) is 2.16. The van der Waals surface area contributed by atoms with E-state index in [1.54, 1.807) is 0 Å². The van der Waals surface area contributed by atoms with Gasteiger partial charge in [0.2, 0.25) is 0 Å². The smallest absolute Gasteiger partial charge is 0.327 e. The minimum absolute atomic E-state index is 0.0766. The Labute approximate surface area is 86.2 Å². The normalized spacial score (nSPS) is 12.2. The Bertz CT molecular complexity index is 354. The van der Waals surface area contributed by atoms with Crippen LogP contribution in [0.2, 0.25) is 5.02 Å². The Balaban J connectivity index is 3.05. The third-order valence-electron chi connectivity index (χ3n) is 1.78. The number of hydrogen-bond donors (Lipinski definition) is 2. The first kappa shape index (κ1) is 10.8. The van der Waals surface area contributed by atoms with Crippen molar-refractivity contribution in [3.05, 3.63) is 28.8 Å². The number of carbonyl (C=O) groups is 1. The topological polar surface area (TPSA) is 72.5 Å². The maximum atomic E-state index is 11.1. The van der Waals surface area contributed by atoms with Crippen molar-refractivity contribution in [3.8, 4) is 5.75 Å². The van der Waals surface area contributed by atoms with Crippen molar-refractivity contribution < 1.29 is 14.6 Å². The Morgan fingerprint density at radius 3 is 2.86 bits per heavy atom. The van der Waals surface area contributed by atoms with Crippen LogP contribution in [0, 0.1) is 0 Å². The van der Waals surface area contributed by atoms with Gasteiger partial charge in [-0.3, -0.25) is 4.79 Å². The quantitative estimate of drug-likeness (QED) is 0.728. The molecule has 76 valence electrons. The van der Waals surface area contributed by atoms with E-state index in [0.717, 1.165) is 0 Å². The summed E-state index contributed by atoms with van der Waals surface area (Å²) in [5.41, 5.74) is 5.78. The van der Waals surface area contributed by atoms with Crippen LogP contribution in [-0.4, -0.2) is 18.2 Å². The molecule has 0 aliphatic rings. The van der Waals surface area contributed by atoms with Crippen molar-refractivity contribution in [1.82, 2.24) is 0 Å². The highest BCUT2D eigenvalue weighted by atomic mass is 35.5. The summed E-state index contributed by atoms with van der Waals surface area (Å²) in [7, 11) is 1.23. The molecule has 1 aromatic rings. The Morgan fingerprint density at radius 1 is 1.64 bits per heavy atom. The van der Waals surface area contributed by atoms with Crippen LogP contribution in [0.4, 0.5) is 0 Å². The predicted molar refractivity (Wildman–Crippen MR) is 52.1 cm³/mol. The van der Waals surface area contributed by atoms with Crippen LogP contribution < -0.4 is 5.73 Å². The second kappa shape index (κ2) is 4.30. The molecule has 3 N–H and O–H groups in total. The van der Waals surface area contributed by atoms with E-state index in [1.807, 2.05) is 0 Å². The number of aromatic hydroxyl groups is 1. The molecule has 0 aliphatic heterocycles. The number of halogens is 1. The minimum atomic E-state index is -1.02. The first-order chi connectivity index (χ1) is 6.56. The zero-order chi connectivity index (χ0) is 10.7. The fourth-order valence-electron chi connectivity index (χ4n) is 1.03. The van der Waals surface area contributed by atoms with Gasteiger partial charge in [-0.15, -0.1) is 0 Å². The number of rotatable bonds is 2. The van der Waals surface area contributed by atoms with Crippen molar-refractivity contribution in [2.45, 2.75) is 6.04 Å². The van der Waals surface area contributed by atoms with Crippen LogP contribution >= 0.6 is 11.6 Å². The van der Waals surface area contributed by atoms with Gasteiger partial charge in [0.25, 0.3) is 0 Å². The van der Waals surface area contributed by atoms with Crippen molar-refractivity contribution in [2.24, 2.45) is 5.73 Å². The van der Waals surface area contributed by atoms with E-state index in [2.05, 4.69) is 4.74 Å². The number of phenolic OH excluding ortho intramolecular Hbond substituents is 1. The fraction of sp³-hybridized carbons (Fsp3) is 0.222. The number of ether oxygens (including phenoxy) is 1. The van der Waals surface area contributed by atoms with Gasteiger partial charge in [-0.25, -0.2) is 0 Å². The average molecular weight is 216 g/mol. The maximum Gasteiger partial charge on any atom is 0.327 e. The van der Waals surface area contributed by atoms with Crippen LogP contribution in [0.1, 0.15) is 11.6 Å². The number of methoxy groups -OCH3 is 1. The summed E-state index contributed by atoms with van der Waals surface area (Å²) >= 11 is 5.69. The van der Waals surface area contributed by atoms with Gasteiger partial charge >= 0.3 is 5.97 Å². The van der Waals surface area contributed by atoms with Crippen LogP contribution in [0.25, 0.3) is 0 Å². The third-order valence-corrected chi connectivity index (χ3v) is 2.01. The molecule has 0 heterocycles. The van der Waals surface area contributed by atoms with E-state index in [0.29, 0.717) is 5.02 Å². The lowest BCUT2D eigenvalue weighted by atomic mass is 10.1. The second-order valence-corrected chi connectivity index (χ2v) is 3.14. The van der Waals surface area contributed by atoms with E-state index in [1.165, 1.54) is 25.3 Å². The van der Waals surface area contributed by atoms with E-state index < -0.39 is 12.0 Å². The van der Waals surface area contributed by atoms with Crippen LogP contribution in [0.5, 0.6) is 5.75 Å². The standard InChI is InChI=1S/C9H10ClNO3/c1-14-9(13)8(11)6-4-5(10)2-3-7(6)12/h2-4,8,12H,11H2,1H3/t8-/m1/s1. The van der Waals surface area contributed by atoms with Crippen molar-refractivity contribution in [2.75, 3.05) is 7.11 Å². The molecule has 0 bridgehead atoms. The summed E-state index contributed by atoms with van der Waals surface area (Å²) in [5.74, 6) is -0.699. The SMILES string of the molecule is COC(=O)[C@H](N)c1cc(Cl)ccc1O. The summed E-state index contributed by atoms with van der Waals surface area (Å²) in [6, 6.07) is 3.29. The molecule has 4 nitrogen and oxygen atoms in total. The highest BCUT2D eigenvalue weighted by Crippen LogP contribution is 2.26. The Kier molecular flexibility index (Phi) is 3.33. The molecule has 0 fully saturated rings. The molecule has 5 heteroatoms. The van der Waals surface area contributed by atoms with Gasteiger partial charge in [-0.05, 0) is 18.2 Å². The van der Waals surface area contributed by atoms with Gasteiger partial charge in [-0.1, -0.05) is 11.6 Å². The predicted octanol–water partition coefficient (Wildman–Crippen LogP) is 1.22. The highest BCUT2D eigenvalue weighted by molar-refractivity contribution is 6.30. The van der Waals surface area contributed by atoms with Crippen molar-refractivity contribution >= 4 is 17.6 Å². The average Bonchev–Trinajstić information content (AvgIpc) is 2.19. The van der Waals surface area contributed by atoms with Gasteiger partial charge in [0, 0.05) is 10.6 Å². The summed E-state index contributed by atoms with van der Waals surface area (Å²) < 4.78 is 4.44. The molecule has 0 unspecified atom stereocenters. The maximum absolute atomic E-state index is 11.1. The summed E-state index contributed by atoms with van der Waals surface area (Å²) in [5, 5.41) is 9.80. The largest absolute Gasteiger partial charge is 0.508 e. The van der Waals surface area contributed by atoms with Gasteiger partial charge in [0.05, 0.1) is 7.11 Å². The number of nitrogens with two attached hydrogens (primary N) is 1. The number of hydrogen-bond acceptors (Lipinski definition) is 4. The lowest BCUT2D eigenvalue weighted by molar-refractivity contribution is -0.142. The van der Waals surface area contributed by atoms with E-state index >= 15 is 0 Å². The molecule has 0 aromatic heterocycles.